The van der Waals surface area contributed by atoms with Crippen LogP contribution in [0.2, 0.25) is 0 Å². The van der Waals surface area contributed by atoms with E-state index < -0.39 is 0 Å². The standard InChI is InChI=1S/C14H24N2/c1-12(2)14(3,4)16(5)11-9-13-8-6-7-10-15-13/h6-8,10,12H,9,11H2,1-5H3. The van der Waals surface area contributed by atoms with Crippen LogP contribution in [-0.2, 0) is 6.42 Å². The highest BCUT2D eigenvalue weighted by Gasteiger charge is 2.26. The minimum atomic E-state index is 0.245. The SMILES string of the molecule is CC(C)C(C)(C)N(C)CCc1ccccn1. The smallest absolute Gasteiger partial charge is 0.0416 e. The Balaban J connectivity index is 2.50. The zero-order valence-electron chi connectivity index (χ0n) is 11.2. The van der Waals surface area contributed by atoms with Crippen molar-refractivity contribution < 1.29 is 0 Å². The summed E-state index contributed by atoms with van der Waals surface area (Å²) in [5.41, 5.74) is 1.42. The molecule has 1 aromatic rings. The van der Waals surface area contributed by atoms with Crippen LogP contribution in [0.1, 0.15) is 33.4 Å². The third-order valence-corrected chi connectivity index (χ3v) is 3.83. The summed E-state index contributed by atoms with van der Waals surface area (Å²) in [6.07, 6.45) is 2.89. The fourth-order valence-electron chi connectivity index (χ4n) is 1.56. The lowest BCUT2D eigenvalue weighted by molar-refractivity contribution is 0.107. The summed E-state index contributed by atoms with van der Waals surface area (Å²) in [5.74, 6) is 0.654. The Morgan fingerprint density at radius 1 is 1.31 bits per heavy atom. The summed E-state index contributed by atoms with van der Waals surface area (Å²) in [7, 11) is 2.20. The molecule has 0 aliphatic heterocycles. The molecule has 90 valence electrons. The summed E-state index contributed by atoms with van der Waals surface area (Å²) in [6.45, 7) is 10.2. The second-order valence-electron chi connectivity index (χ2n) is 5.30. The Labute approximate surface area is 99.7 Å². The molecular weight excluding hydrogens is 196 g/mol. The van der Waals surface area contributed by atoms with Crippen molar-refractivity contribution in [2.75, 3.05) is 13.6 Å². The number of pyridine rings is 1. The van der Waals surface area contributed by atoms with Gasteiger partial charge in [-0.15, -0.1) is 0 Å². The van der Waals surface area contributed by atoms with Crippen molar-refractivity contribution in [3.8, 4) is 0 Å². The van der Waals surface area contributed by atoms with Crippen molar-refractivity contribution in [2.24, 2.45) is 5.92 Å². The average molecular weight is 220 g/mol. The van der Waals surface area contributed by atoms with E-state index in [1.165, 1.54) is 5.69 Å². The zero-order valence-corrected chi connectivity index (χ0v) is 11.2. The van der Waals surface area contributed by atoms with E-state index in [9.17, 15) is 0 Å². The topological polar surface area (TPSA) is 16.1 Å². The molecule has 2 heteroatoms. The molecule has 0 N–H and O–H groups in total. The van der Waals surface area contributed by atoms with Crippen LogP contribution in [0.3, 0.4) is 0 Å². The lowest BCUT2D eigenvalue weighted by Crippen LogP contribution is -2.46. The summed E-state index contributed by atoms with van der Waals surface area (Å²) < 4.78 is 0. The van der Waals surface area contributed by atoms with Crippen molar-refractivity contribution in [3.63, 3.8) is 0 Å². The Morgan fingerprint density at radius 2 is 2.00 bits per heavy atom. The average Bonchev–Trinajstić information content (AvgIpc) is 2.27. The van der Waals surface area contributed by atoms with Gasteiger partial charge in [-0.3, -0.25) is 4.98 Å². The van der Waals surface area contributed by atoms with E-state index >= 15 is 0 Å². The van der Waals surface area contributed by atoms with Gasteiger partial charge in [0.15, 0.2) is 0 Å². The molecule has 0 aliphatic rings. The van der Waals surface area contributed by atoms with Gasteiger partial charge in [0, 0.05) is 30.4 Å². The number of rotatable bonds is 5. The summed E-state index contributed by atoms with van der Waals surface area (Å²) in [6, 6.07) is 6.11. The molecule has 0 atom stereocenters. The maximum absolute atomic E-state index is 4.35. The second-order valence-corrected chi connectivity index (χ2v) is 5.30. The third kappa shape index (κ3) is 3.31. The van der Waals surface area contributed by atoms with E-state index in [4.69, 9.17) is 0 Å². The van der Waals surface area contributed by atoms with Gasteiger partial charge >= 0.3 is 0 Å². The molecule has 0 spiro atoms. The highest BCUT2D eigenvalue weighted by atomic mass is 15.2. The predicted molar refractivity (Wildman–Crippen MR) is 69.5 cm³/mol. The van der Waals surface area contributed by atoms with Gasteiger partial charge in [-0.25, -0.2) is 0 Å². The molecule has 2 nitrogen and oxygen atoms in total. The molecule has 0 aliphatic carbocycles. The molecule has 1 aromatic heterocycles. The van der Waals surface area contributed by atoms with Gasteiger partial charge in [0.05, 0.1) is 0 Å². The van der Waals surface area contributed by atoms with Crippen LogP contribution in [0.5, 0.6) is 0 Å². The predicted octanol–water partition coefficient (Wildman–Crippen LogP) is 2.99. The molecule has 1 heterocycles. The van der Waals surface area contributed by atoms with Crippen molar-refractivity contribution in [1.82, 2.24) is 9.88 Å². The first-order valence-electron chi connectivity index (χ1n) is 6.05. The Hall–Kier alpha value is -0.890. The van der Waals surface area contributed by atoms with E-state index in [1.807, 2.05) is 12.3 Å². The molecule has 0 amide bonds. The van der Waals surface area contributed by atoms with Gasteiger partial charge in [0.25, 0.3) is 0 Å². The minimum Gasteiger partial charge on any atom is -0.301 e. The summed E-state index contributed by atoms with van der Waals surface area (Å²) in [5, 5.41) is 0. The Kier molecular flexibility index (Phi) is 4.48. The monoisotopic (exact) mass is 220 g/mol. The maximum atomic E-state index is 4.35. The van der Waals surface area contributed by atoms with E-state index in [1.54, 1.807) is 0 Å². The second kappa shape index (κ2) is 5.44. The van der Waals surface area contributed by atoms with Crippen LogP contribution >= 0.6 is 0 Å². The first-order chi connectivity index (χ1) is 7.44. The van der Waals surface area contributed by atoms with Gasteiger partial charge in [0.2, 0.25) is 0 Å². The zero-order chi connectivity index (χ0) is 12.2. The van der Waals surface area contributed by atoms with E-state index in [0.29, 0.717) is 5.92 Å². The number of hydrogen-bond acceptors (Lipinski definition) is 2. The number of aromatic nitrogens is 1. The van der Waals surface area contributed by atoms with Crippen LogP contribution in [0.25, 0.3) is 0 Å². The summed E-state index contributed by atoms with van der Waals surface area (Å²) >= 11 is 0. The molecule has 0 radical (unpaired) electrons. The van der Waals surface area contributed by atoms with Gasteiger partial charge < -0.3 is 4.90 Å². The Morgan fingerprint density at radius 3 is 2.50 bits per heavy atom. The van der Waals surface area contributed by atoms with Crippen LogP contribution in [0, 0.1) is 5.92 Å². The molecule has 0 unspecified atom stereocenters. The van der Waals surface area contributed by atoms with Crippen molar-refractivity contribution >= 4 is 0 Å². The number of likely N-dealkylation sites (N-methyl/N-ethyl adjacent to an activating group) is 1. The van der Waals surface area contributed by atoms with Crippen molar-refractivity contribution in [3.05, 3.63) is 30.1 Å². The molecule has 16 heavy (non-hydrogen) atoms. The lowest BCUT2D eigenvalue weighted by Gasteiger charge is -2.39. The maximum Gasteiger partial charge on any atom is 0.0416 e. The number of nitrogens with zero attached hydrogens (tertiary/aromatic N) is 2. The van der Waals surface area contributed by atoms with Gasteiger partial charge in [-0.1, -0.05) is 19.9 Å². The molecule has 0 aromatic carbocycles. The van der Waals surface area contributed by atoms with Gasteiger partial charge in [0.1, 0.15) is 0 Å². The lowest BCUT2D eigenvalue weighted by atomic mass is 9.89. The molecular formula is C14H24N2. The largest absolute Gasteiger partial charge is 0.301 e. The third-order valence-electron chi connectivity index (χ3n) is 3.83. The molecule has 0 saturated heterocycles. The highest BCUT2D eigenvalue weighted by Crippen LogP contribution is 2.22. The van der Waals surface area contributed by atoms with Crippen LogP contribution in [-0.4, -0.2) is 29.0 Å². The fraction of sp³-hybridized carbons (Fsp3) is 0.643. The first-order valence-corrected chi connectivity index (χ1v) is 6.05. The van der Waals surface area contributed by atoms with Crippen LogP contribution in [0.15, 0.2) is 24.4 Å². The van der Waals surface area contributed by atoms with E-state index in [-0.39, 0.29) is 5.54 Å². The quantitative estimate of drug-likeness (QED) is 0.758. The van der Waals surface area contributed by atoms with E-state index in [0.717, 1.165) is 13.0 Å². The highest BCUT2D eigenvalue weighted by molar-refractivity contribution is 5.04. The molecule has 1 rings (SSSR count). The van der Waals surface area contributed by atoms with Crippen LogP contribution in [0.4, 0.5) is 0 Å². The van der Waals surface area contributed by atoms with Gasteiger partial charge in [-0.2, -0.15) is 0 Å². The molecule has 0 saturated carbocycles. The van der Waals surface area contributed by atoms with Crippen molar-refractivity contribution in [2.45, 2.75) is 39.7 Å². The normalized spacial score (nSPS) is 12.4. The van der Waals surface area contributed by atoms with E-state index in [2.05, 4.69) is 56.8 Å². The molecule has 0 fully saturated rings. The minimum absolute atomic E-state index is 0.245. The van der Waals surface area contributed by atoms with Crippen LogP contribution < -0.4 is 0 Å². The Bertz CT molecular complexity index is 304. The first kappa shape index (κ1) is 13.2. The van der Waals surface area contributed by atoms with Crippen molar-refractivity contribution in [1.29, 1.82) is 0 Å². The fourth-order valence-corrected chi connectivity index (χ4v) is 1.56. The number of hydrogen-bond donors (Lipinski definition) is 0. The summed E-state index contributed by atoms with van der Waals surface area (Å²) in [4.78, 5) is 6.77. The molecule has 0 bridgehead atoms. The van der Waals surface area contributed by atoms with Gasteiger partial charge in [-0.05, 0) is 38.9 Å².